The fraction of sp³-hybridized carbons (Fsp3) is 0.310. The largest absolute Gasteiger partial charge is 0.368 e. The lowest BCUT2D eigenvalue weighted by atomic mass is 9.92. The molecule has 0 saturated heterocycles. The number of primary amides is 1. The highest BCUT2D eigenvalue weighted by Crippen LogP contribution is 2.35. The molecule has 3 rings (SSSR count). The summed E-state index contributed by atoms with van der Waals surface area (Å²) in [5.41, 5.74) is 6.44. The van der Waals surface area contributed by atoms with Crippen molar-refractivity contribution in [3.8, 4) is 17.2 Å². The van der Waals surface area contributed by atoms with Crippen LogP contribution in [0.25, 0.3) is 11.1 Å². The predicted octanol–water partition coefficient (Wildman–Crippen LogP) is 6.27. The summed E-state index contributed by atoms with van der Waals surface area (Å²) >= 11 is 0. The molecule has 1 amide bonds. The van der Waals surface area contributed by atoms with Crippen LogP contribution in [0.3, 0.4) is 0 Å². The molecule has 4 nitrogen and oxygen atoms in total. The maximum Gasteiger partial charge on any atom is 0.258 e. The minimum Gasteiger partial charge on any atom is -0.368 e. The molecule has 0 aliphatic rings. The lowest BCUT2D eigenvalue weighted by Gasteiger charge is -2.40. The summed E-state index contributed by atoms with van der Waals surface area (Å²) in [7, 11) is 0. The molecular weight excluding hydrogens is 482 g/mol. The van der Waals surface area contributed by atoms with Gasteiger partial charge < -0.3 is 5.73 Å². The van der Waals surface area contributed by atoms with Gasteiger partial charge in [0, 0.05) is 6.42 Å². The topological polar surface area (TPSA) is 70.1 Å². The minimum atomic E-state index is -2.99. The number of nitrogens with zero attached hydrogens (tertiary/aromatic N) is 2. The van der Waals surface area contributed by atoms with Gasteiger partial charge in [-0.25, -0.2) is 17.6 Å². The van der Waals surface area contributed by atoms with Crippen LogP contribution in [0, 0.1) is 28.9 Å². The Morgan fingerprint density at radius 1 is 0.946 bits per heavy atom. The van der Waals surface area contributed by atoms with Gasteiger partial charge in [-0.05, 0) is 41.2 Å². The van der Waals surface area contributed by atoms with Gasteiger partial charge >= 0.3 is 0 Å². The molecular formula is C29H29F4N3O. The Balaban J connectivity index is 2.10. The summed E-state index contributed by atoms with van der Waals surface area (Å²) in [6.45, 7) is 3.67. The first-order chi connectivity index (χ1) is 17.6. The monoisotopic (exact) mass is 511 g/mol. The normalized spacial score (nSPS) is 13.9. The molecule has 0 saturated carbocycles. The Morgan fingerprint density at radius 3 is 2.03 bits per heavy atom. The summed E-state index contributed by atoms with van der Waals surface area (Å²) in [5, 5.41) is 10.1. The zero-order valence-electron chi connectivity index (χ0n) is 20.6. The van der Waals surface area contributed by atoms with Gasteiger partial charge in [-0.2, -0.15) is 5.26 Å². The highest BCUT2D eigenvalue weighted by Gasteiger charge is 2.41. The minimum absolute atomic E-state index is 0.0687. The molecule has 0 radical (unpaired) electrons. The van der Waals surface area contributed by atoms with Crippen LogP contribution in [0.15, 0.2) is 72.8 Å². The zero-order chi connectivity index (χ0) is 27.1. The lowest BCUT2D eigenvalue weighted by molar-refractivity contribution is -0.128. The van der Waals surface area contributed by atoms with Crippen LogP contribution in [-0.4, -0.2) is 29.3 Å². The van der Waals surface area contributed by atoms with E-state index in [0.717, 1.165) is 17.7 Å². The first-order valence-electron chi connectivity index (χ1n) is 12.0. The van der Waals surface area contributed by atoms with E-state index < -0.39 is 42.1 Å². The quantitative estimate of drug-likeness (QED) is 0.308. The molecule has 0 heterocycles. The second kappa shape index (κ2) is 12.5. The van der Waals surface area contributed by atoms with E-state index in [2.05, 4.69) is 6.07 Å². The molecule has 0 bridgehead atoms. The van der Waals surface area contributed by atoms with E-state index >= 15 is 0 Å². The van der Waals surface area contributed by atoms with E-state index in [9.17, 15) is 27.6 Å². The number of hydrogen-bond acceptors (Lipinski definition) is 3. The molecule has 0 spiro atoms. The van der Waals surface area contributed by atoms with E-state index in [0.29, 0.717) is 0 Å². The summed E-state index contributed by atoms with van der Waals surface area (Å²) in [4.78, 5) is 13.8. The van der Waals surface area contributed by atoms with E-state index in [1.54, 1.807) is 30.3 Å². The highest BCUT2D eigenvalue weighted by molar-refractivity contribution is 5.80. The molecule has 8 heteroatoms. The molecule has 3 aromatic carbocycles. The molecule has 0 unspecified atom stereocenters. The van der Waals surface area contributed by atoms with E-state index in [1.807, 2.05) is 13.8 Å². The smallest absolute Gasteiger partial charge is 0.258 e. The average molecular weight is 512 g/mol. The molecule has 3 aromatic rings. The second-order valence-corrected chi connectivity index (χ2v) is 9.33. The van der Waals surface area contributed by atoms with Crippen molar-refractivity contribution in [3.05, 3.63) is 95.6 Å². The van der Waals surface area contributed by atoms with Gasteiger partial charge in [0.1, 0.15) is 17.7 Å². The van der Waals surface area contributed by atoms with Crippen molar-refractivity contribution in [3.63, 3.8) is 0 Å². The molecule has 0 aliphatic carbocycles. The molecule has 2 N–H and O–H groups in total. The Hall–Kier alpha value is -3.70. The first kappa shape index (κ1) is 27.9. The number of alkyl halides is 2. The van der Waals surface area contributed by atoms with Gasteiger partial charge in [0.2, 0.25) is 5.91 Å². The number of benzene rings is 3. The van der Waals surface area contributed by atoms with Gasteiger partial charge in [-0.3, -0.25) is 9.69 Å². The van der Waals surface area contributed by atoms with Gasteiger partial charge in [-0.15, -0.1) is 0 Å². The van der Waals surface area contributed by atoms with Gasteiger partial charge in [0.25, 0.3) is 6.43 Å². The average Bonchev–Trinajstić information content (AvgIpc) is 2.85. The Kier molecular flexibility index (Phi) is 9.42. The number of carbonyl (C=O) groups is 1. The standard InChI is InChI=1S/C29H29F4N3O/c1-18(2)15-25(29(35)37)36(22(17-34)16-19-7-4-3-5-8-19)27(28(32)33)21-13-11-20(12-14-21)26-23(30)9-6-10-24(26)31/h3-14,18,22,25,27-28H,15-16H2,1-2H3,(H2,35,37)/t22-,25-,27-/m0/s1. The van der Waals surface area contributed by atoms with Crippen molar-refractivity contribution in [1.29, 1.82) is 5.26 Å². The lowest BCUT2D eigenvalue weighted by Crippen LogP contribution is -2.53. The van der Waals surface area contributed by atoms with Crippen LogP contribution >= 0.6 is 0 Å². The van der Waals surface area contributed by atoms with Crippen LogP contribution in [0.2, 0.25) is 0 Å². The second-order valence-electron chi connectivity index (χ2n) is 9.33. The fourth-order valence-corrected chi connectivity index (χ4v) is 4.56. The van der Waals surface area contributed by atoms with Crippen molar-refractivity contribution < 1.29 is 22.4 Å². The van der Waals surface area contributed by atoms with Crippen LogP contribution < -0.4 is 5.73 Å². The van der Waals surface area contributed by atoms with Crippen LogP contribution in [0.1, 0.15) is 37.4 Å². The number of nitrogens with two attached hydrogens (primary N) is 1. The molecule has 37 heavy (non-hydrogen) atoms. The first-order valence-corrected chi connectivity index (χ1v) is 12.0. The third kappa shape index (κ3) is 6.75. The Morgan fingerprint density at radius 2 is 1.54 bits per heavy atom. The summed E-state index contributed by atoms with van der Waals surface area (Å²) in [5.74, 6) is -2.44. The van der Waals surface area contributed by atoms with Crippen molar-refractivity contribution in [2.45, 2.75) is 51.2 Å². The summed E-state index contributed by atoms with van der Waals surface area (Å²) in [6.07, 6.45) is -2.72. The summed E-state index contributed by atoms with van der Waals surface area (Å²) < 4.78 is 58.1. The third-order valence-electron chi connectivity index (χ3n) is 6.23. The summed E-state index contributed by atoms with van der Waals surface area (Å²) in [6, 6.07) is 16.0. The predicted molar refractivity (Wildman–Crippen MR) is 134 cm³/mol. The highest BCUT2D eigenvalue weighted by atomic mass is 19.3. The SMILES string of the molecule is CC(C)C[C@@H](C(N)=O)N([C@H](C#N)Cc1ccccc1)[C@@H](c1ccc(-c2c(F)cccc2F)cc1)C(F)F. The number of halogens is 4. The van der Waals surface area contributed by atoms with Crippen LogP contribution in [-0.2, 0) is 11.2 Å². The number of amides is 1. The van der Waals surface area contributed by atoms with E-state index in [1.165, 1.54) is 35.2 Å². The molecule has 0 fully saturated rings. The van der Waals surface area contributed by atoms with Crippen molar-refractivity contribution in [2.24, 2.45) is 11.7 Å². The molecule has 0 aromatic heterocycles. The Bertz CT molecular complexity index is 1210. The third-order valence-corrected chi connectivity index (χ3v) is 6.23. The molecule has 3 atom stereocenters. The van der Waals surface area contributed by atoms with Crippen molar-refractivity contribution >= 4 is 5.91 Å². The molecule has 0 aliphatic heterocycles. The maximum atomic E-state index is 14.8. The van der Waals surface area contributed by atoms with Crippen molar-refractivity contribution in [1.82, 2.24) is 4.90 Å². The number of nitriles is 1. The zero-order valence-corrected chi connectivity index (χ0v) is 20.6. The van der Waals surface area contributed by atoms with Gasteiger partial charge in [-0.1, -0.05) is 74.5 Å². The van der Waals surface area contributed by atoms with E-state index in [-0.39, 0.29) is 35.4 Å². The van der Waals surface area contributed by atoms with Crippen LogP contribution in [0.5, 0.6) is 0 Å². The Labute approximate surface area is 214 Å². The number of rotatable bonds is 11. The number of hydrogen-bond donors (Lipinski definition) is 1. The van der Waals surface area contributed by atoms with Crippen molar-refractivity contribution in [2.75, 3.05) is 0 Å². The van der Waals surface area contributed by atoms with E-state index in [4.69, 9.17) is 5.73 Å². The maximum absolute atomic E-state index is 14.8. The molecule has 194 valence electrons. The number of carbonyl (C=O) groups excluding carboxylic acids is 1. The van der Waals surface area contributed by atoms with Gasteiger partial charge in [0.05, 0.1) is 23.7 Å². The fourth-order valence-electron chi connectivity index (χ4n) is 4.56. The van der Waals surface area contributed by atoms with Crippen LogP contribution in [0.4, 0.5) is 17.6 Å². The van der Waals surface area contributed by atoms with Gasteiger partial charge in [0.15, 0.2) is 0 Å².